The van der Waals surface area contributed by atoms with Crippen LogP contribution in [0.2, 0.25) is 0 Å². The number of hydrogen-bond donors (Lipinski definition) is 5. The van der Waals surface area contributed by atoms with Crippen molar-refractivity contribution in [3.8, 4) is 22.5 Å². The van der Waals surface area contributed by atoms with E-state index in [0.717, 1.165) is 38.7 Å². The highest BCUT2D eigenvalue weighted by molar-refractivity contribution is 7.86. The summed E-state index contributed by atoms with van der Waals surface area (Å²) >= 11 is 0. The first-order valence-electron chi connectivity index (χ1n) is 17.7. The highest BCUT2D eigenvalue weighted by atomic mass is 32.2. The first kappa shape index (κ1) is 39.8. The molecule has 0 atom stereocenters. The zero-order valence-corrected chi connectivity index (χ0v) is 31.9. The summed E-state index contributed by atoms with van der Waals surface area (Å²) in [4.78, 5) is 29.5. The third-order valence-corrected chi connectivity index (χ3v) is 11.0. The third-order valence-electron chi connectivity index (χ3n) is 9.31. The summed E-state index contributed by atoms with van der Waals surface area (Å²) in [5, 5.41) is 14.0. The molecule has 0 aromatic heterocycles. The van der Waals surface area contributed by atoms with Gasteiger partial charge in [-0.25, -0.2) is 4.99 Å². The molecule has 0 radical (unpaired) electrons. The van der Waals surface area contributed by atoms with Crippen LogP contribution in [0.1, 0.15) is 34.3 Å². The first-order chi connectivity index (χ1) is 26.7. The van der Waals surface area contributed by atoms with E-state index in [-0.39, 0.29) is 28.7 Å². The number of hydrogen-bond acceptors (Lipinski definition) is 8. The number of carbonyl (C=O) groups excluding carboxylic acids is 1. The van der Waals surface area contributed by atoms with Gasteiger partial charge in [-0.15, -0.1) is 0 Å². The maximum absolute atomic E-state index is 13.9. The summed E-state index contributed by atoms with van der Waals surface area (Å²) in [5.41, 5.74) is 5.70. The van der Waals surface area contributed by atoms with Gasteiger partial charge in [-0.1, -0.05) is 42.5 Å². The van der Waals surface area contributed by atoms with Crippen molar-refractivity contribution in [2.75, 3.05) is 32.0 Å². The Hall–Kier alpha value is -5.87. The minimum Gasteiger partial charge on any atom is -0.481 e. The molecule has 5 N–H and O–H groups in total. The van der Waals surface area contributed by atoms with Gasteiger partial charge in [0.15, 0.2) is 0 Å². The minimum atomic E-state index is -4.28. The lowest BCUT2D eigenvalue weighted by Crippen LogP contribution is -2.77. The number of amides is 1. The zero-order chi connectivity index (χ0) is 40.0. The molecule has 4 aromatic carbocycles. The molecule has 1 amide bonds. The molecular weight excluding hydrogens is 759 g/mol. The van der Waals surface area contributed by atoms with Gasteiger partial charge in [-0.3, -0.25) is 18.7 Å². The van der Waals surface area contributed by atoms with E-state index in [1.54, 1.807) is 43.4 Å². The Morgan fingerprint density at radius 1 is 0.768 bits per heavy atom. The Morgan fingerprint density at radius 2 is 1.41 bits per heavy atom. The van der Waals surface area contributed by atoms with Crippen molar-refractivity contribution in [3.05, 3.63) is 131 Å². The maximum Gasteiger partial charge on any atom is 0.303 e. The van der Waals surface area contributed by atoms with Gasteiger partial charge in [0, 0.05) is 72.9 Å². The van der Waals surface area contributed by atoms with Gasteiger partial charge in [-0.05, 0) is 78.1 Å². The Bertz CT molecular complexity index is 2660. The second kappa shape index (κ2) is 16.9. The van der Waals surface area contributed by atoms with Crippen molar-refractivity contribution in [2.24, 2.45) is 0 Å². The van der Waals surface area contributed by atoms with Crippen LogP contribution < -0.4 is 15.7 Å². The molecule has 6 rings (SSSR count). The van der Waals surface area contributed by atoms with E-state index in [0.29, 0.717) is 54.8 Å². The van der Waals surface area contributed by atoms with E-state index in [2.05, 4.69) is 10.3 Å². The van der Waals surface area contributed by atoms with Gasteiger partial charge in [0.1, 0.15) is 17.9 Å². The van der Waals surface area contributed by atoms with Crippen molar-refractivity contribution in [2.45, 2.75) is 35.5 Å². The second-order valence-corrected chi connectivity index (χ2v) is 16.1. The van der Waals surface area contributed by atoms with Crippen LogP contribution in [0.25, 0.3) is 33.4 Å². The number of nitrogens with one attached hydrogen (secondary N) is 2. The van der Waals surface area contributed by atoms with Gasteiger partial charge in [0.25, 0.3) is 26.1 Å². The molecule has 0 fully saturated rings. The molecular formula is C41H40N3O10S2+. The number of nitrogens with zero attached hydrogens (tertiary/aromatic N) is 1. The predicted octanol–water partition coefficient (Wildman–Crippen LogP) is 4.51. The molecule has 56 heavy (non-hydrogen) atoms. The topological polar surface area (TPSA) is 205 Å². The van der Waals surface area contributed by atoms with Gasteiger partial charge in [-0.2, -0.15) is 16.8 Å². The molecule has 13 nitrogen and oxygen atoms in total. The van der Waals surface area contributed by atoms with E-state index >= 15 is 0 Å². The maximum atomic E-state index is 13.9. The van der Waals surface area contributed by atoms with Gasteiger partial charge in [0.2, 0.25) is 5.36 Å². The number of carboxylic acids is 1. The molecule has 0 unspecified atom stereocenters. The lowest BCUT2D eigenvalue weighted by atomic mass is 9.90. The van der Waals surface area contributed by atoms with Crippen LogP contribution in [0, 0.1) is 0 Å². The average molecular weight is 799 g/mol. The van der Waals surface area contributed by atoms with Crippen molar-refractivity contribution in [1.82, 2.24) is 4.90 Å². The van der Waals surface area contributed by atoms with E-state index in [9.17, 15) is 35.5 Å². The van der Waals surface area contributed by atoms with Crippen LogP contribution in [-0.4, -0.2) is 74.5 Å². The van der Waals surface area contributed by atoms with Gasteiger partial charge >= 0.3 is 5.97 Å². The first-order valence-corrected chi connectivity index (χ1v) is 20.6. The number of fused-ring (bicyclic) bond motifs is 2. The standard InChI is InChI=1S/C41H39N3O10S2/c1-44(24-4-7-39(45)46)41(47)34-6-3-2-5-33(34)40-35-18-12-29(42-22-20-27-8-14-31(15-9-27)55(48,49)50)25-37(35)54-38-26-30(13-19-36(38)40)43-23-21-28-10-16-32(17-11-28)56(51,52)53/h2-3,5-6,8-19,25-26,42H,4,7,20-24H2,1H3,(H,45,46)(H,48,49,50)(H,51,52,53)/p+1. The largest absolute Gasteiger partial charge is 0.481 e. The van der Waals surface area contributed by atoms with Gasteiger partial charge in [0.05, 0.1) is 15.9 Å². The summed E-state index contributed by atoms with van der Waals surface area (Å²) in [6.07, 6.45) is 1.40. The molecule has 0 saturated heterocycles. The molecule has 2 aliphatic rings. The molecule has 290 valence electrons. The predicted molar refractivity (Wildman–Crippen MR) is 209 cm³/mol. The molecule has 4 aromatic rings. The molecule has 0 bridgehead atoms. The van der Waals surface area contributed by atoms with Crippen LogP contribution >= 0.6 is 0 Å². The summed E-state index contributed by atoms with van der Waals surface area (Å²) in [7, 11) is -6.91. The molecule has 0 spiro atoms. The number of aliphatic carboxylic acids is 1. The van der Waals surface area contributed by atoms with E-state index in [1.807, 2.05) is 48.5 Å². The number of benzene rings is 5. The van der Waals surface area contributed by atoms with Crippen LogP contribution in [-0.2, 0) is 37.9 Å². The van der Waals surface area contributed by atoms with Crippen LogP contribution in [0.15, 0.2) is 123 Å². The summed E-state index contributed by atoms with van der Waals surface area (Å²) in [6.45, 7) is 1.29. The quantitative estimate of drug-likeness (QED) is 0.0722. The Morgan fingerprint density at radius 3 is 2.05 bits per heavy atom. The molecule has 1 aliphatic heterocycles. The fraction of sp³-hybridized carbons (Fsp3) is 0.195. The fourth-order valence-electron chi connectivity index (χ4n) is 6.42. The second-order valence-electron chi connectivity index (χ2n) is 13.3. The molecule has 15 heteroatoms. The Labute approximate surface area is 323 Å². The van der Waals surface area contributed by atoms with Crippen LogP contribution in [0.3, 0.4) is 0 Å². The van der Waals surface area contributed by atoms with Gasteiger partial charge < -0.3 is 19.7 Å². The summed E-state index contributed by atoms with van der Waals surface area (Å²) in [5.74, 6) is -0.634. The van der Waals surface area contributed by atoms with Crippen molar-refractivity contribution < 1.29 is 50.0 Å². The molecule has 0 saturated carbocycles. The lowest BCUT2D eigenvalue weighted by molar-refractivity contribution is -0.499. The SMILES string of the molecule is CN(CCCC(=O)O)C(=O)c1ccccc1-c1c2ccc(=[NH+]CCc3ccc(S(=O)(=O)O)cc3)cc-2oc2cc(NCCc3ccc(S(=O)(=O)O)cc3)ccc12. The third kappa shape index (κ3) is 9.67. The van der Waals surface area contributed by atoms with Crippen LogP contribution in [0.4, 0.5) is 5.69 Å². The van der Waals surface area contributed by atoms with Crippen LogP contribution in [0.5, 0.6) is 0 Å². The van der Waals surface area contributed by atoms with Crippen molar-refractivity contribution in [1.29, 1.82) is 0 Å². The lowest BCUT2D eigenvalue weighted by Gasteiger charge is -2.21. The summed E-state index contributed by atoms with van der Waals surface area (Å²) in [6, 6.07) is 30.7. The van der Waals surface area contributed by atoms with E-state index < -0.39 is 26.2 Å². The van der Waals surface area contributed by atoms with Crippen molar-refractivity contribution >= 4 is 48.8 Å². The number of carbonyl (C=O) groups is 2. The van der Waals surface area contributed by atoms with Crippen molar-refractivity contribution in [3.63, 3.8) is 0 Å². The Balaban J connectivity index is 1.35. The number of carboxylic acid groups (broad SMARTS) is 1. The minimum absolute atomic E-state index is 0.0535. The van der Waals surface area contributed by atoms with E-state index in [1.165, 1.54) is 29.2 Å². The molecule has 1 aliphatic carbocycles. The fourth-order valence-corrected chi connectivity index (χ4v) is 7.38. The van der Waals surface area contributed by atoms with E-state index in [4.69, 9.17) is 9.52 Å². The Kier molecular flexibility index (Phi) is 12.0. The zero-order valence-electron chi connectivity index (χ0n) is 30.3. The highest BCUT2D eigenvalue weighted by Gasteiger charge is 2.24. The smallest absolute Gasteiger partial charge is 0.303 e. The highest BCUT2D eigenvalue weighted by Crippen LogP contribution is 2.42. The number of anilines is 1. The normalized spacial score (nSPS) is 12.2. The summed E-state index contributed by atoms with van der Waals surface area (Å²) < 4.78 is 70.7. The monoisotopic (exact) mass is 798 g/mol. The molecule has 1 heterocycles. The average Bonchev–Trinajstić information content (AvgIpc) is 3.16. The number of rotatable bonds is 15.